The molecule has 238 valence electrons. The molecule has 1 nitrogen and oxygen atoms in total. The van der Waals surface area contributed by atoms with E-state index < -0.39 is 0 Å². The van der Waals surface area contributed by atoms with Crippen molar-refractivity contribution in [3.8, 4) is 44.5 Å². The van der Waals surface area contributed by atoms with Crippen molar-refractivity contribution in [3.63, 3.8) is 0 Å². The van der Waals surface area contributed by atoms with E-state index in [0.717, 1.165) is 11.4 Å². The zero-order valence-electron chi connectivity index (χ0n) is 28.3. The van der Waals surface area contributed by atoms with E-state index in [1.165, 1.54) is 72.1 Å². The van der Waals surface area contributed by atoms with Crippen molar-refractivity contribution in [2.24, 2.45) is 0 Å². The minimum Gasteiger partial charge on any atom is -0.309 e. The average molecular weight is 640 g/mol. The van der Waals surface area contributed by atoms with Crippen LogP contribution in [0.5, 0.6) is 0 Å². The quantitative estimate of drug-likeness (QED) is 0.175. The van der Waals surface area contributed by atoms with Gasteiger partial charge in [0, 0.05) is 22.2 Å². The lowest BCUT2D eigenvalue weighted by molar-refractivity contribution is 0.666. The number of hydrogen-bond donors (Lipinski definition) is 0. The SMILES string of the molecule is CC1(C)c2cccc(N(c3ccc(-c4ccccc4)cc3)c3ccccc3-c3ccccc3)c2-c2cc(-c3ccccc3)c3ccccc3c21. The Hall–Kier alpha value is -6.18. The van der Waals surface area contributed by atoms with Crippen LogP contribution in [0.25, 0.3) is 55.3 Å². The van der Waals surface area contributed by atoms with E-state index in [-0.39, 0.29) is 5.41 Å². The summed E-state index contributed by atoms with van der Waals surface area (Å²) in [7, 11) is 0. The molecule has 0 spiro atoms. The lowest BCUT2D eigenvalue weighted by Gasteiger charge is -2.30. The molecule has 9 rings (SSSR count). The standard InChI is InChI=1S/C49H37N/c1-49(2)44-26-16-28-46(47(44)43-33-42(37-21-10-5-11-22-37)40-24-12-13-25-41(40)48(43)49)50(38-31-29-35(30-32-38)34-17-6-3-7-18-34)45-27-15-14-23-39(45)36-19-8-4-9-20-36/h3-33H,1-2H3. The van der Waals surface area contributed by atoms with Crippen LogP contribution in [0.3, 0.4) is 0 Å². The molecular formula is C49H37N. The third-order valence-corrected chi connectivity index (χ3v) is 10.4. The van der Waals surface area contributed by atoms with Gasteiger partial charge in [0.2, 0.25) is 0 Å². The van der Waals surface area contributed by atoms with Crippen LogP contribution in [0, 0.1) is 0 Å². The summed E-state index contributed by atoms with van der Waals surface area (Å²) < 4.78 is 0. The second-order valence-electron chi connectivity index (χ2n) is 13.7. The van der Waals surface area contributed by atoms with Crippen molar-refractivity contribution >= 4 is 27.8 Å². The molecule has 0 saturated heterocycles. The number of hydrogen-bond acceptors (Lipinski definition) is 1. The summed E-state index contributed by atoms with van der Waals surface area (Å²) in [6.45, 7) is 4.79. The largest absolute Gasteiger partial charge is 0.309 e. The molecule has 0 amide bonds. The molecule has 0 heterocycles. The number of nitrogens with zero attached hydrogens (tertiary/aromatic N) is 1. The van der Waals surface area contributed by atoms with Gasteiger partial charge in [0.25, 0.3) is 0 Å². The highest BCUT2D eigenvalue weighted by molar-refractivity contribution is 6.08. The predicted molar refractivity (Wildman–Crippen MR) is 213 cm³/mol. The molecule has 1 aliphatic carbocycles. The van der Waals surface area contributed by atoms with Gasteiger partial charge in [-0.2, -0.15) is 0 Å². The third-order valence-electron chi connectivity index (χ3n) is 10.4. The van der Waals surface area contributed by atoms with Gasteiger partial charge in [-0.15, -0.1) is 0 Å². The molecule has 0 unspecified atom stereocenters. The third kappa shape index (κ3) is 4.85. The fourth-order valence-corrected chi connectivity index (χ4v) is 8.14. The Balaban J connectivity index is 1.33. The molecule has 50 heavy (non-hydrogen) atoms. The monoisotopic (exact) mass is 639 g/mol. The number of para-hydroxylation sites is 1. The van der Waals surface area contributed by atoms with E-state index in [2.05, 4.69) is 207 Å². The second kappa shape index (κ2) is 12.1. The molecule has 0 aromatic heterocycles. The lowest BCUT2D eigenvalue weighted by atomic mass is 9.79. The smallest absolute Gasteiger partial charge is 0.0543 e. The molecule has 1 heteroatoms. The summed E-state index contributed by atoms with van der Waals surface area (Å²) in [5.41, 5.74) is 15.9. The number of anilines is 3. The van der Waals surface area contributed by atoms with Crippen molar-refractivity contribution < 1.29 is 0 Å². The van der Waals surface area contributed by atoms with Crippen LogP contribution >= 0.6 is 0 Å². The highest BCUT2D eigenvalue weighted by Crippen LogP contribution is 2.57. The zero-order chi connectivity index (χ0) is 33.7. The Bertz CT molecular complexity index is 2480. The Labute approximate surface area is 294 Å². The first kappa shape index (κ1) is 29.9. The van der Waals surface area contributed by atoms with Crippen molar-refractivity contribution in [2.45, 2.75) is 19.3 Å². The van der Waals surface area contributed by atoms with Crippen molar-refractivity contribution in [1.29, 1.82) is 0 Å². The number of fused-ring (bicyclic) bond motifs is 5. The van der Waals surface area contributed by atoms with E-state index in [1.54, 1.807) is 0 Å². The van der Waals surface area contributed by atoms with E-state index in [0.29, 0.717) is 0 Å². The van der Waals surface area contributed by atoms with Gasteiger partial charge in [-0.1, -0.05) is 172 Å². The fourth-order valence-electron chi connectivity index (χ4n) is 8.14. The highest BCUT2D eigenvalue weighted by atomic mass is 15.1. The Kier molecular flexibility index (Phi) is 7.21. The average Bonchev–Trinajstić information content (AvgIpc) is 3.42. The van der Waals surface area contributed by atoms with Crippen LogP contribution < -0.4 is 4.90 Å². The number of benzene rings is 8. The van der Waals surface area contributed by atoms with Gasteiger partial charge in [0.05, 0.1) is 11.4 Å². The van der Waals surface area contributed by atoms with Crippen LogP contribution in [-0.2, 0) is 5.41 Å². The van der Waals surface area contributed by atoms with Gasteiger partial charge in [0.15, 0.2) is 0 Å². The molecule has 0 atom stereocenters. The fraction of sp³-hybridized carbons (Fsp3) is 0.0612. The predicted octanol–water partition coefficient (Wildman–Crippen LogP) is 13.6. The molecule has 0 radical (unpaired) electrons. The van der Waals surface area contributed by atoms with Crippen LogP contribution in [0.4, 0.5) is 17.1 Å². The summed E-state index contributed by atoms with van der Waals surface area (Å²) in [4.78, 5) is 2.48. The first-order chi connectivity index (χ1) is 24.6. The van der Waals surface area contributed by atoms with Gasteiger partial charge >= 0.3 is 0 Å². The van der Waals surface area contributed by atoms with Crippen molar-refractivity contribution in [1.82, 2.24) is 0 Å². The lowest BCUT2D eigenvalue weighted by Crippen LogP contribution is -2.16. The molecule has 0 N–H and O–H groups in total. The molecule has 0 saturated carbocycles. The zero-order valence-corrected chi connectivity index (χ0v) is 28.3. The maximum Gasteiger partial charge on any atom is 0.0543 e. The van der Waals surface area contributed by atoms with Gasteiger partial charge < -0.3 is 4.90 Å². The molecule has 0 aliphatic heterocycles. The molecule has 0 fully saturated rings. The second-order valence-corrected chi connectivity index (χ2v) is 13.7. The minimum atomic E-state index is -0.197. The summed E-state index contributed by atoms with van der Waals surface area (Å²) in [5.74, 6) is 0. The van der Waals surface area contributed by atoms with Crippen molar-refractivity contribution in [2.75, 3.05) is 4.90 Å². The minimum absolute atomic E-state index is 0.197. The summed E-state index contributed by atoms with van der Waals surface area (Å²) in [6, 6.07) is 68.5. The van der Waals surface area contributed by atoms with E-state index in [9.17, 15) is 0 Å². The Morgan fingerprint density at radius 3 is 1.58 bits per heavy atom. The van der Waals surface area contributed by atoms with Gasteiger partial charge in [-0.05, 0) is 85.6 Å². The molecule has 8 aromatic rings. The normalized spacial score (nSPS) is 12.8. The van der Waals surface area contributed by atoms with Gasteiger partial charge in [-0.25, -0.2) is 0 Å². The molecule has 8 aromatic carbocycles. The summed E-state index contributed by atoms with van der Waals surface area (Å²) in [6.07, 6.45) is 0. The topological polar surface area (TPSA) is 3.24 Å². The number of rotatable bonds is 6. The van der Waals surface area contributed by atoms with E-state index in [4.69, 9.17) is 0 Å². The molecule has 1 aliphatic rings. The maximum absolute atomic E-state index is 2.48. The maximum atomic E-state index is 2.48. The first-order valence-electron chi connectivity index (χ1n) is 17.5. The van der Waals surface area contributed by atoms with E-state index >= 15 is 0 Å². The van der Waals surface area contributed by atoms with Crippen LogP contribution in [0.2, 0.25) is 0 Å². The summed E-state index contributed by atoms with van der Waals surface area (Å²) >= 11 is 0. The van der Waals surface area contributed by atoms with Crippen molar-refractivity contribution in [3.05, 3.63) is 199 Å². The van der Waals surface area contributed by atoms with Gasteiger partial charge in [0.1, 0.15) is 0 Å². The Morgan fingerprint density at radius 1 is 0.380 bits per heavy atom. The first-order valence-corrected chi connectivity index (χ1v) is 17.5. The molecule has 0 bridgehead atoms. The van der Waals surface area contributed by atoms with Crippen LogP contribution in [0.15, 0.2) is 188 Å². The van der Waals surface area contributed by atoms with Crippen LogP contribution in [-0.4, -0.2) is 0 Å². The molecular weight excluding hydrogens is 603 g/mol. The van der Waals surface area contributed by atoms with E-state index in [1.807, 2.05) is 0 Å². The van der Waals surface area contributed by atoms with Crippen LogP contribution in [0.1, 0.15) is 25.0 Å². The highest BCUT2D eigenvalue weighted by Gasteiger charge is 2.40. The summed E-state index contributed by atoms with van der Waals surface area (Å²) in [5, 5.41) is 2.61. The van der Waals surface area contributed by atoms with Gasteiger partial charge in [-0.3, -0.25) is 0 Å². The Morgan fingerprint density at radius 2 is 0.900 bits per heavy atom.